The Morgan fingerprint density at radius 1 is 1.32 bits per heavy atom. The molecule has 0 saturated carbocycles. The first-order valence-corrected chi connectivity index (χ1v) is 7.60. The van der Waals surface area contributed by atoms with Crippen LogP contribution < -0.4 is 10.0 Å². The second-order valence-corrected chi connectivity index (χ2v) is 6.75. The number of nitrogens with zero attached hydrogens (tertiary/aromatic N) is 2. The van der Waals surface area contributed by atoms with E-state index < -0.39 is 10.0 Å². The topological polar surface area (TPSA) is 76.3 Å². The summed E-state index contributed by atoms with van der Waals surface area (Å²) in [7, 11) is -2.19. The average Bonchev–Trinajstić information content (AvgIpc) is 2.39. The minimum Gasteiger partial charge on any atom is -0.397 e. The number of anilines is 2. The van der Waals surface area contributed by atoms with Gasteiger partial charge in [-0.3, -0.25) is 9.29 Å². The molecular weight excluding hydrogens is 330 g/mol. The lowest BCUT2D eigenvalue weighted by Crippen LogP contribution is -2.27. The molecule has 0 atom stereocenters. The molecule has 2 N–H and O–H groups in total. The number of hydrogen-bond donors (Lipinski definition) is 1. The summed E-state index contributed by atoms with van der Waals surface area (Å²) in [6.45, 7) is 0. The van der Waals surface area contributed by atoms with Crippen molar-refractivity contribution in [3.05, 3.63) is 47.2 Å². The van der Waals surface area contributed by atoms with Gasteiger partial charge in [0.15, 0.2) is 0 Å². The molecule has 7 heteroatoms. The number of pyridine rings is 1. The highest BCUT2D eigenvalue weighted by Crippen LogP contribution is 2.29. The number of halogens is 1. The normalized spacial score (nSPS) is 11.3. The molecule has 5 nitrogen and oxygen atoms in total. The lowest BCUT2D eigenvalue weighted by molar-refractivity contribution is 0.594. The van der Waals surface area contributed by atoms with E-state index in [2.05, 4.69) is 20.9 Å². The summed E-state index contributed by atoms with van der Waals surface area (Å²) in [5, 5.41) is 0. The predicted molar refractivity (Wildman–Crippen MR) is 78.4 cm³/mol. The highest BCUT2D eigenvalue weighted by Gasteiger charge is 2.22. The lowest BCUT2D eigenvalue weighted by atomic mass is 10.3. The number of hydrogen-bond acceptors (Lipinski definition) is 4. The average molecular weight is 342 g/mol. The van der Waals surface area contributed by atoms with E-state index >= 15 is 0 Å². The van der Waals surface area contributed by atoms with Crippen LogP contribution >= 0.6 is 15.9 Å². The van der Waals surface area contributed by atoms with E-state index in [1.807, 2.05) is 0 Å². The highest BCUT2D eigenvalue weighted by molar-refractivity contribution is 9.10. The van der Waals surface area contributed by atoms with Crippen LogP contribution in [-0.4, -0.2) is 20.4 Å². The van der Waals surface area contributed by atoms with Gasteiger partial charge in [0.1, 0.15) is 4.90 Å². The Kier molecular flexibility index (Phi) is 3.77. The second-order valence-electron chi connectivity index (χ2n) is 3.86. The third-order valence-electron chi connectivity index (χ3n) is 2.62. The first-order valence-electron chi connectivity index (χ1n) is 5.37. The number of aromatic nitrogens is 1. The molecule has 0 aliphatic carbocycles. The summed E-state index contributed by atoms with van der Waals surface area (Å²) >= 11 is 3.28. The van der Waals surface area contributed by atoms with E-state index in [1.165, 1.54) is 25.5 Å². The van der Waals surface area contributed by atoms with Crippen LogP contribution in [0.1, 0.15) is 0 Å². The molecule has 0 unspecified atom stereocenters. The van der Waals surface area contributed by atoms with Gasteiger partial charge in [-0.2, -0.15) is 0 Å². The minimum absolute atomic E-state index is 0.125. The summed E-state index contributed by atoms with van der Waals surface area (Å²) < 4.78 is 26.7. The van der Waals surface area contributed by atoms with Crippen LogP contribution in [0.5, 0.6) is 0 Å². The highest BCUT2D eigenvalue weighted by atomic mass is 79.9. The molecule has 0 saturated heterocycles. The summed E-state index contributed by atoms with van der Waals surface area (Å²) in [5.74, 6) is 0. The third-order valence-corrected chi connectivity index (χ3v) is 4.87. The van der Waals surface area contributed by atoms with Crippen LogP contribution in [0.2, 0.25) is 0 Å². The third kappa shape index (κ3) is 2.71. The molecule has 2 aromatic rings. The van der Waals surface area contributed by atoms with Crippen LogP contribution in [0, 0.1) is 0 Å². The van der Waals surface area contributed by atoms with Crippen LogP contribution in [0.25, 0.3) is 0 Å². The van der Waals surface area contributed by atoms with Crippen molar-refractivity contribution >= 4 is 37.3 Å². The van der Waals surface area contributed by atoms with Crippen molar-refractivity contribution in [2.45, 2.75) is 4.90 Å². The standard InChI is InChI=1S/C12H12BrN3O2S/c1-16(12-5-4-9(13)7-11(12)14)19(17,18)10-3-2-6-15-8-10/h2-8H,14H2,1H3. The Labute approximate surface area is 120 Å². The lowest BCUT2D eigenvalue weighted by Gasteiger charge is -2.21. The summed E-state index contributed by atoms with van der Waals surface area (Å²) in [4.78, 5) is 3.94. The van der Waals surface area contributed by atoms with Gasteiger partial charge in [0.05, 0.1) is 11.4 Å². The number of benzene rings is 1. The Hall–Kier alpha value is -1.60. The molecule has 19 heavy (non-hydrogen) atoms. The van der Waals surface area contributed by atoms with Crippen LogP contribution in [-0.2, 0) is 10.0 Å². The maximum absolute atomic E-state index is 12.4. The fraction of sp³-hybridized carbons (Fsp3) is 0.0833. The van der Waals surface area contributed by atoms with E-state index in [9.17, 15) is 8.42 Å². The number of nitrogens with two attached hydrogens (primary N) is 1. The van der Waals surface area contributed by atoms with Crippen molar-refractivity contribution in [1.29, 1.82) is 0 Å². The SMILES string of the molecule is CN(c1ccc(Br)cc1N)S(=O)(=O)c1cccnc1. The molecule has 100 valence electrons. The van der Waals surface area contributed by atoms with Crippen LogP contribution in [0.3, 0.4) is 0 Å². The van der Waals surface area contributed by atoms with Crippen molar-refractivity contribution in [2.24, 2.45) is 0 Å². The quantitative estimate of drug-likeness (QED) is 0.868. The maximum atomic E-state index is 12.4. The van der Waals surface area contributed by atoms with Crippen LogP contribution in [0.4, 0.5) is 11.4 Å². The molecule has 0 aliphatic rings. The molecule has 1 aromatic carbocycles. The molecule has 0 radical (unpaired) electrons. The molecule has 2 rings (SSSR count). The van der Waals surface area contributed by atoms with Gasteiger partial charge in [-0.1, -0.05) is 15.9 Å². The first kappa shape index (κ1) is 13.8. The van der Waals surface area contributed by atoms with Crippen molar-refractivity contribution < 1.29 is 8.42 Å². The van der Waals surface area contributed by atoms with Crippen molar-refractivity contribution in [2.75, 3.05) is 17.1 Å². The van der Waals surface area contributed by atoms with Gasteiger partial charge in [-0.05, 0) is 30.3 Å². The first-order chi connectivity index (χ1) is 8.93. The van der Waals surface area contributed by atoms with Gasteiger partial charge >= 0.3 is 0 Å². The fourth-order valence-electron chi connectivity index (χ4n) is 1.60. The van der Waals surface area contributed by atoms with Crippen molar-refractivity contribution in [3.63, 3.8) is 0 Å². The number of rotatable bonds is 3. The molecule has 1 aromatic heterocycles. The fourth-order valence-corrected chi connectivity index (χ4v) is 3.16. The summed E-state index contributed by atoms with van der Waals surface area (Å²) in [5.41, 5.74) is 6.65. The Bertz CT molecular complexity index is 689. The van der Waals surface area contributed by atoms with Crippen LogP contribution in [0.15, 0.2) is 52.1 Å². The zero-order valence-electron chi connectivity index (χ0n) is 10.1. The van der Waals surface area contributed by atoms with Crippen molar-refractivity contribution in [1.82, 2.24) is 4.98 Å². The molecule has 1 heterocycles. The molecule has 0 bridgehead atoms. The van der Waals surface area contributed by atoms with Gasteiger partial charge < -0.3 is 5.73 Å². The molecule has 0 fully saturated rings. The Balaban J connectivity index is 2.47. The second kappa shape index (κ2) is 5.18. The summed E-state index contributed by atoms with van der Waals surface area (Å²) in [6, 6.07) is 8.11. The number of sulfonamides is 1. The zero-order chi connectivity index (χ0) is 14.0. The Morgan fingerprint density at radius 3 is 2.63 bits per heavy atom. The monoisotopic (exact) mass is 341 g/mol. The van der Waals surface area contributed by atoms with E-state index in [0.29, 0.717) is 11.4 Å². The van der Waals surface area contributed by atoms with E-state index in [0.717, 1.165) is 8.78 Å². The van der Waals surface area contributed by atoms with E-state index in [4.69, 9.17) is 5.73 Å². The molecule has 0 aliphatic heterocycles. The van der Waals surface area contributed by atoms with Gasteiger partial charge in [0.2, 0.25) is 0 Å². The van der Waals surface area contributed by atoms with Gasteiger partial charge in [-0.25, -0.2) is 8.42 Å². The van der Waals surface area contributed by atoms with E-state index in [1.54, 1.807) is 24.3 Å². The zero-order valence-corrected chi connectivity index (χ0v) is 12.5. The minimum atomic E-state index is -3.65. The van der Waals surface area contributed by atoms with Gasteiger partial charge in [0.25, 0.3) is 10.0 Å². The largest absolute Gasteiger partial charge is 0.397 e. The van der Waals surface area contributed by atoms with Gasteiger partial charge in [0, 0.05) is 23.9 Å². The number of nitrogen functional groups attached to an aromatic ring is 1. The molecular formula is C12H12BrN3O2S. The molecule has 0 spiro atoms. The predicted octanol–water partition coefficient (Wildman–Crippen LogP) is 2.25. The maximum Gasteiger partial charge on any atom is 0.265 e. The van der Waals surface area contributed by atoms with E-state index in [-0.39, 0.29) is 4.90 Å². The summed E-state index contributed by atoms with van der Waals surface area (Å²) in [6.07, 6.45) is 2.83. The smallest absolute Gasteiger partial charge is 0.265 e. The molecule has 0 amide bonds. The van der Waals surface area contributed by atoms with Crippen molar-refractivity contribution in [3.8, 4) is 0 Å². The Morgan fingerprint density at radius 2 is 2.05 bits per heavy atom. The van der Waals surface area contributed by atoms with Gasteiger partial charge in [-0.15, -0.1) is 0 Å².